The summed E-state index contributed by atoms with van der Waals surface area (Å²) in [6.45, 7) is 4.61. The Bertz CT molecular complexity index is 1630. The summed E-state index contributed by atoms with van der Waals surface area (Å²) in [5.74, 6) is -0.0515. The fourth-order valence-corrected chi connectivity index (χ4v) is 7.86. The molecular weight excluding hydrogens is 554 g/mol. The van der Waals surface area contributed by atoms with Crippen molar-refractivity contribution in [3.8, 4) is 0 Å². The van der Waals surface area contributed by atoms with Crippen molar-refractivity contribution in [2.45, 2.75) is 44.7 Å². The first-order valence-corrected chi connectivity index (χ1v) is 15.6. The first kappa shape index (κ1) is 26.6. The van der Waals surface area contributed by atoms with Gasteiger partial charge in [-0.25, -0.2) is 0 Å². The summed E-state index contributed by atoms with van der Waals surface area (Å²) in [5.41, 5.74) is 6.31. The van der Waals surface area contributed by atoms with Crippen molar-refractivity contribution < 1.29 is 9.59 Å². The van der Waals surface area contributed by atoms with E-state index in [0.717, 1.165) is 81.4 Å². The summed E-state index contributed by atoms with van der Waals surface area (Å²) in [6.07, 6.45) is 8.46. The molecule has 0 saturated carbocycles. The molecule has 4 heterocycles. The molecule has 4 aromatic rings. The van der Waals surface area contributed by atoms with E-state index in [1.807, 2.05) is 22.4 Å². The van der Waals surface area contributed by atoms with Crippen LogP contribution in [0.4, 0.5) is 0 Å². The number of benzene rings is 2. The van der Waals surface area contributed by atoms with Crippen LogP contribution in [-0.2, 0) is 13.0 Å². The number of rotatable bonds is 5. The van der Waals surface area contributed by atoms with Gasteiger partial charge in [0.25, 0.3) is 11.8 Å². The summed E-state index contributed by atoms with van der Waals surface area (Å²) in [4.78, 5) is 40.4. The Morgan fingerprint density at radius 3 is 2.61 bits per heavy atom. The molecule has 2 fully saturated rings. The molecule has 9 heteroatoms. The maximum absolute atomic E-state index is 13.6. The Kier molecular flexibility index (Phi) is 7.01. The molecule has 1 unspecified atom stereocenters. The average molecular weight is 586 g/mol. The number of nitrogens with zero attached hydrogens (tertiary/aromatic N) is 4. The minimum absolute atomic E-state index is 0.0997. The van der Waals surface area contributed by atoms with Gasteiger partial charge in [0.15, 0.2) is 0 Å². The quantitative estimate of drug-likeness (QED) is 0.316. The zero-order valence-electron chi connectivity index (χ0n) is 22.8. The van der Waals surface area contributed by atoms with Crippen LogP contribution in [-0.4, -0.2) is 57.8 Å². The molecule has 0 radical (unpaired) electrons. The maximum atomic E-state index is 13.6. The average Bonchev–Trinajstić information content (AvgIpc) is 3.73. The van der Waals surface area contributed by atoms with Crippen molar-refractivity contribution in [3.63, 3.8) is 0 Å². The molecule has 1 spiro atoms. The lowest BCUT2D eigenvalue weighted by Crippen LogP contribution is -2.42. The zero-order chi connectivity index (χ0) is 28.0. The van der Waals surface area contributed by atoms with Crippen LogP contribution < -0.4 is 5.32 Å². The highest BCUT2D eigenvalue weighted by Gasteiger charge is 2.42. The second-order valence-electron chi connectivity index (χ2n) is 11.7. The van der Waals surface area contributed by atoms with Crippen LogP contribution in [0.1, 0.15) is 68.4 Å². The predicted molar refractivity (Wildman–Crippen MR) is 161 cm³/mol. The first-order valence-electron chi connectivity index (χ1n) is 14.3. The van der Waals surface area contributed by atoms with Gasteiger partial charge in [-0.2, -0.15) is 0 Å². The number of aromatic nitrogens is 2. The van der Waals surface area contributed by atoms with Gasteiger partial charge in [-0.15, -0.1) is 11.3 Å². The smallest absolute Gasteiger partial charge is 0.263 e. The fourth-order valence-electron chi connectivity index (χ4n) is 6.81. The third-order valence-electron chi connectivity index (χ3n) is 9.18. The second-order valence-corrected chi connectivity index (χ2v) is 13.0. The van der Waals surface area contributed by atoms with Crippen molar-refractivity contribution >= 4 is 45.8 Å². The number of carbonyl (C=O) groups excluding carboxylic acids is 2. The summed E-state index contributed by atoms with van der Waals surface area (Å²) in [6, 6.07) is 14.0. The summed E-state index contributed by atoms with van der Waals surface area (Å²) >= 11 is 7.52. The predicted octanol–water partition coefficient (Wildman–Crippen LogP) is 5.89. The number of piperidine rings is 1. The third-order valence-corrected chi connectivity index (χ3v) is 10.5. The molecule has 2 aromatic carbocycles. The highest BCUT2D eigenvalue weighted by atomic mass is 35.5. The Morgan fingerprint density at radius 1 is 1.00 bits per heavy atom. The molecule has 7 nitrogen and oxygen atoms in total. The summed E-state index contributed by atoms with van der Waals surface area (Å²) in [7, 11) is 0. The number of carbonyl (C=O) groups is 2. The van der Waals surface area contributed by atoms with E-state index in [9.17, 15) is 9.59 Å². The minimum atomic E-state index is -0.151. The van der Waals surface area contributed by atoms with Gasteiger partial charge in [-0.05, 0) is 103 Å². The van der Waals surface area contributed by atoms with Gasteiger partial charge in [0, 0.05) is 37.6 Å². The molecule has 1 aliphatic carbocycles. The number of likely N-dealkylation sites (tertiary alicyclic amines) is 2. The Morgan fingerprint density at radius 2 is 1.80 bits per heavy atom. The molecule has 7 rings (SSSR count). The van der Waals surface area contributed by atoms with E-state index in [1.54, 1.807) is 18.5 Å². The van der Waals surface area contributed by atoms with Crippen LogP contribution in [0.3, 0.4) is 0 Å². The Labute approximate surface area is 248 Å². The van der Waals surface area contributed by atoms with Crippen LogP contribution in [0.5, 0.6) is 0 Å². The number of halogens is 1. The van der Waals surface area contributed by atoms with E-state index in [-0.39, 0.29) is 23.3 Å². The summed E-state index contributed by atoms with van der Waals surface area (Å²) < 4.78 is 0. The molecule has 2 aliphatic heterocycles. The van der Waals surface area contributed by atoms with Gasteiger partial charge in [0.05, 0.1) is 22.1 Å². The van der Waals surface area contributed by atoms with Crippen molar-refractivity contribution in [2.75, 3.05) is 26.2 Å². The standard InChI is InChI=1S/C32H32ClN5O2S/c33-25-7-16-41-29(25)30(39)36-26-6-4-22-2-3-23(18-24(22)26)31(40)38-15-10-32(20-38)8-13-37(14-9-32)19-21-1-5-27-28(17-21)35-12-11-34-27/h1-3,5,7,11-12,16-18,26H,4,6,8-10,13-15,19-20H2,(H,36,39). The van der Waals surface area contributed by atoms with Crippen LogP contribution in [0.25, 0.3) is 11.0 Å². The second kappa shape index (κ2) is 10.8. The highest BCUT2D eigenvalue weighted by molar-refractivity contribution is 7.12. The molecule has 210 valence electrons. The van der Waals surface area contributed by atoms with Crippen molar-refractivity contribution in [1.29, 1.82) is 0 Å². The van der Waals surface area contributed by atoms with Gasteiger partial charge in [-0.1, -0.05) is 23.7 Å². The SMILES string of the molecule is O=C(NC1CCc2ccc(C(=O)N3CCC4(CCN(Cc5ccc6nccnc6c5)CC4)C3)cc21)c1sccc1Cl. The Hall–Kier alpha value is -3.33. The third kappa shape index (κ3) is 5.25. The number of hydrogen-bond acceptors (Lipinski definition) is 6. The molecular formula is C32H32ClN5O2S. The molecule has 1 atom stereocenters. The topological polar surface area (TPSA) is 78.4 Å². The highest BCUT2D eigenvalue weighted by Crippen LogP contribution is 2.41. The molecule has 1 N–H and O–H groups in total. The number of thiophene rings is 1. The van der Waals surface area contributed by atoms with E-state index < -0.39 is 0 Å². The lowest BCUT2D eigenvalue weighted by atomic mass is 9.77. The molecule has 41 heavy (non-hydrogen) atoms. The van der Waals surface area contributed by atoms with E-state index in [4.69, 9.17) is 11.6 Å². The van der Waals surface area contributed by atoms with Gasteiger partial charge in [0.2, 0.25) is 0 Å². The van der Waals surface area contributed by atoms with E-state index in [2.05, 4.69) is 44.5 Å². The van der Waals surface area contributed by atoms with Crippen molar-refractivity contribution in [3.05, 3.63) is 92.4 Å². The number of hydrogen-bond donors (Lipinski definition) is 1. The van der Waals surface area contributed by atoms with Crippen LogP contribution in [0.2, 0.25) is 5.02 Å². The van der Waals surface area contributed by atoms with Gasteiger partial charge in [-0.3, -0.25) is 24.5 Å². The van der Waals surface area contributed by atoms with Gasteiger partial charge in [0.1, 0.15) is 4.88 Å². The maximum Gasteiger partial charge on any atom is 0.263 e. The van der Waals surface area contributed by atoms with E-state index >= 15 is 0 Å². The molecule has 2 aromatic heterocycles. The van der Waals surface area contributed by atoms with Crippen LogP contribution >= 0.6 is 22.9 Å². The Balaban J connectivity index is 0.974. The minimum Gasteiger partial charge on any atom is -0.344 e. The number of fused-ring (bicyclic) bond motifs is 2. The number of amides is 2. The molecule has 2 amide bonds. The number of nitrogens with one attached hydrogen (secondary N) is 1. The van der Waals surface area contributed by atoms with E-state index in [0.29, 0.717) is 15.5 Å². The van der Waals surface area contributed by atoms with Crippen LogP contribution in [0.15, 0.2) is 60.2 Å². The first-order chi connectivity index (χ1) is 20.0. The fraction of sp³-hybridized carbons (Fsp3) is 0.375. The largest absolute Gasteiger partial charge is 0.344 e. The van der Waals surface area contributed by atoms with Gasteiger partial charge >= 0.3 is 0 Å². The lowest BCUT2D eigenvalue weighted by molar-refractivity contribution is 0.0713. The molecule has 0 bridgehead atoms. The lowest BCUT2D eigenvalue weighted by Gasteiger charge is -2.39. The van der Waals surface area contributed by atoms with E-state index in [1.165, 1.54) is 22.5 Å². The zero-order valence-corrected chi connectivity index (χ0v) is 24.4. The van der Waals surface area contributed by atoms with Crippen LogP contribution in [0, 0.1) is 5.41 Å². The van der Waals surface area contributed by atoms with Gasteiger partial charge < -0.3 is 10.2 Å². The molecule has 2 saturated heterocycles. The number of aryl methyl sites for hydroxylation is 1. The molecule has 3 aliphatic rings. The van der Waals surface area contributed by atoms with Crippen molar-refractivity contribution in [1.82, 2.24) is 25.1 Å². The summed E-state index contributed by atoms with van der Waals surface area (Å²) in [5, 5.41) is 5.44. The monoisotopic (exact) mass is 585 g/mol. The normalized spacial score (nSPS) is 20.0. The van der Waals surface area contributed by atoms with Crippen molar-refractivity contribution in [2.24, 2.45) is 5.41 Å².